The molecule has 3 nitrogen and oxygen atoms in total. The molecule has 4 heteroatoms. The molecular formula is C19H22O3S. The Morgan fingerprint density at radius 2 is 2.13 bits per heavy atom. The largest absolute Gasteiger partial charge is 0.497 e. The molecule has 0 saturated heterocycles. The third-order valence-corrected chi connectivity index (χ3v) is 5.08. The molecule has 0 radical (unpaired) electrons. The zero-order chi connectivity index (χ0) is 17.0. The van der Waals surface area contributed by atoms with E-state index in [1.807, 2.05) is 36.0 Å². The smallest absolute Gasteiger partial charge is 0.328 e. The molecule has 122 valence electrons. The van der Waals surface area contributed by atoms with Crippen molar-refractivity contribution >= 4 is 23.3 Å². The van der Waals surface area contributed by atoms with Gasteiger partial charge < -0.3 is 9.84 Å². The van der Waals surface area contributed by atoms with Crippen LogP contribution in [0.2, 0.25) is 0 Å². The van der Waals surface area contributed by atoms with Gasteiger partial charge in [-0.3, -0.25) is 0 Å². The molecule has 1 aliphatic heterocycles. The van der Waals surface area contributed by atoms with Gasteiger partial charge in [0.25, 0.3) is 0 Å². The second-order valence-electron chi connectivity index (χ2n) is 6.30. The van der Waals surface area contributed by atoms with Crippen molar-refractivity contribution in [2.45, 2.75) is 25.7 Å². The summed E-state index contributed by atoms with van der Waals surface area (Å²) >= 11 is 1.83. The standard InChI is InChI=1S/C19H22O3S/c1-13(9-18(20)21)5-6-14-11-19(2,3)12-23-17-8-7-15(22-4)10-16(14)17/h5-11H,12H2,1-4H3,(H,20,21)/b6-5+,13-9+. The minimum Gasteiger partial charge on any atom is -0.497 e. The topological polar surface area (TPSA) is 46.5 Å². The number of rotatable bonds is 4. The molecule has 0 saturated carbocycles. The van der Waals surface area contributed by atoms with Gasteiger partial charge in [-0.05, 0) is 47.2 Å². The van der Waals surface area contributed by atoms with Crippen molar-refractivity contribution in [2.75, 3.05) is 12.9 Å². The number of carboxylic acid groups (broad SMARTS) is 1. The van der Waals surface area contributed by atoms with Gasteiger partial charge in [-0.2, -0.15) is 0 Å². The molecule has 0 unspecified atom stereocenters. The van der Waals surface area contributed by atoms with E-state index in [2.05, 4.69) is 26.0 Å². The lowest BCUT2D eigenvalue weighted by Crippen LogP contribution is -2.09. The Labute approximate surface area is 141 Å². The van der Waals surface area contributed by atoms with Crippen LogP contribution in [-0.2, 0) is 4.79 Å². The number of hydrogen-bond donors (Lipinski definition) is 1. The monoisotopic (exact) mass is 330 g/mol. The highest BCUT2D eigenvalue weighted by Crippen LogP contribution is 2.41. The van der Waals surface area contributed by atoms with Gasteiger partial charge in [-0.15, -0.1) is 11.8 Å². The number of fused-ring (bicyclic) bond motifs is 1. The molecule has 0 aliphatic carbocycles. The van der Waals surface area contributed by atoms with Gasteiger partial charge in [-0.1, -0.05) is 32.1 Å². The number of carboxylic acids is 1. The normalized spacial score (nSPS) is 17.4. The third-order valence-electron chi connectivity index (χ3n) is 3.52. The number of hydrogen-bond acceptors (Lipinski definition) is 3. The highest BCUT2D eigenvalue weighted by atomic mass is 32.2. The first-order valence-electron chi connectivity index (χ1n) is 7.44. The predicted molar refractivity (Wildman–Crippen MR) is 96.0 cm³/mol. The van der Waals surface area contributed by atoms with E-state index in [0.29, 0.717) is 5.57 Å². The fourth-order valence-corrected chi connectivity index (χ4v) is 3.50. The molecule has 0 spiro atoms. The predicted octanol–water partition coefficient (Wildman–Crippen LogP) is 4.80. The summed E-state index contributed by atoms with van der Waals surface area (Å²) < 4.78 is 5.35. The van der Waals surface area contributed by atoms with Crippen LogP contribution in [0.5, 0.6) is 5.75 Å². The number of allylic oxidation sites excluding steroid dienone is 5. The van der Waals surface area contributed by atoms with E-state index in [1.165, 1.54) is 11.0 Å². The first-order valence-corrected chi connectivity index (χ1v) is 8.43. The zero-order valence-electron chi connectivity index (χ0n) is 13.9. The van der Waals surface area contributed by atoms with Crippen molar-refractivity contribution in [3.05, 3.63) is 53.6 Å². The Morgan fingerprint density at radius 1 is 1.39 bits per heavy atom. The van der Waals surface area contributed by atoms with Crippen molar-refractivity contribution in [1.82, 2.24) is 0 Å². The van der Waals surface area contributed by atoms with E-state index in [0.717, 1.165) is 22.6 Å². The molecule has 1 aromatic rings. The van der Waals surface area contributed by atoms with Gasteiger partial charge in [0.15, 0.2) is 0 Å². The van der Waals surface area contributed by atoms with Crippen LogP contribution in [0, 0.1) is 5.41 Å². The molecular weight excluding hydrogens is 308 g/mol. The lowest BCUT2D eigenvalue weighted by molar-refractivity contribution is -0.131. The summed E-state index contributed by atoms with van der Waals surface area (Å²) in [5, 5.41) is 8.83. The summed E-state index contributed by atoms with van der Waals surface area (Å²) in [5.41, 5.74) is 2.98. The molecule has 1 aliphatic rings. The Hall–Kier alpha value is -1.94. The number of methoxy groups -OCH3 is 1. The van der Waals surface area contributed by atoms with E-state index in [4.69, 9.17) is 9.84 Å². The fraction of sp³-hybridized carbons (Fsp3) is 0.316. The highest BCUT2D eigenvalue weighted by molar-refractivity contribution is 7.99. The van der Waals surface area contributed by atoms with E-state index in [9.17, 15) is 4.79 Å². The summed E-state index contributed by atoms with van der Waals surface area (Å²) in [4.78, 5) is 12.0. The number of benzene rings is 1. The van der Waals surface area contributed by atoms with Gasteiger partial charge in [0.05, 0.1) is 7.11 Å². The van der Waals surface area contributed by atoms with E-state index in [1.54, 1.807) is 14.0 Å². The maximum absolute atomic E-state index is 10.8. The molecule has 0 fully saturated rings. The van der Waals surface area contributed by atoms with Gasteiger partial charge >= 0.3 is 5.97 Å². The van der Waals surface area contributed by atoms with Gasteiger partial charge in [0, 0.05) is 16.7 Å². The van der Waals surface area contributed by atoms with Gasteiger partial charge in [0.2, 0.25) is 0 Å². The van der Waals surface area contributed by atoms with Crippen LogP contribution < -0.4 is 4.74 Å². The quantitative estimate of drug-likeness (QED) is 0.636. The van der Waals surface area contributed by atoms with E-state index < -0.39 is 5.97 Å². The molecule has 0 bridgehead atoms. The second-order valence-corrected chi connectivity index (χ2v) is 7.32. The molecule has 0 amide bonds. The summed E-state index contributed by atoms with van der Waals surface area (Å²) in [6.07, 6.45) is 7.28. The average Bonchev–Trinajstić information content (AvgIpc) is 2.60. The van der Waals surface area contributed by atoms with E-state index >= 15 is 0 Å². The van der Waals surface area contributed by atoms with Crippen LogP contribution >= 0.6 is 11.8 Å². The van der Waals surface area contributed by atoms with Crippen LogP contribution in [0.1, 0.15) is 26.3 Å². The number of carbonyl (C=O) groups is 1. The Balaban J connectivity index is 2.48. The van der Waals surface area contributed by atoms with E-state index in [-0.39, 0.29) is 5.41 Å². The van der Waals surface area contributed by atoms with Crippen molar-refractivity contribution in [1.29, 1.82) is 0 Å². The minimum atomic E-state index is -0.931. The summed E-state index contributed by atoms with van der Waals surface area (Å²) in [6, 6.07) is 6.10. The first kappa shape index (κ1) is 17.4. The molecule has 23 heavy (non-hydrogen) atoms. The number of ether oxygens (including phenoxy) is 1. The maximum Gasteiger partial charge on any atom is 0.328 e. The van der Waals surface area contributed by atoms with Crippen LogP contribution in [0.25, 0.3) is 5.57 Å². The van der Waals surface area contributed by atoms with Crippen LogP contribution in [-0.4, -0.2) is 23.9 Å². The average molecular weight is 330 g/mol. The lowest BCUT2D eigenvalue weighted by Gasteiger charge is -2.17. The highest BCUT2D eigenvalue weighted by Gasteiger charge is 2.22. The summed E-state index contributed by atoms with van der Waals surface area (Å²) in [7, 11) is 1.66. The number of thioether (sulfide) groups is 1. The minimum absolute atomic E-state index is 0.0566. The van der Waals surface area contributed by atoms with Gasteiger partial charge in [-0.25, -0.2) is 4.79 Å². The summed E-state index contributed by atoms with van der Waals surface area (Å²) in [5.74, 6) is 0.884. The summed E-state index contributed by atoms with van der Waals surface area (Å²) in [6.45, 7) is 6.20. The SMILES string of the molecule is COc1ccc2c(c1)C(/C=C/C(C)=C/C(=O)O)=CC(C)(C)CS2. The fourth-order valence-electron chi connectivity index (χ4n) is 2.39. The molecule has 1 heterocycles. The Kier molecular flexibility index (Phi) is 5.37. The maximum atomic E-state index is 10.8. The van der Waals surface area contributed by atoms with Crippen molar-refractivity contribution in [2.24, 2.45) is 5.41 Å². The first-order chi connectivity index (χ1) is 10.8. The Bertz CT molecular complexity index is 697. The van der Waals surface area contributed by atoms with Crippen molar-refractivity contribution in [3.63, 3.8) is 0 Å². The zero-order valence-corrected chi connectivity index (χ0v) is 14.7. The molecule has 1 N–H and O–H groups in total. The van der Waals surface area contributed by atoms with Gasteiger partial charge in [0.1, 0.15) is 5.75 Å². The molecule has 0 atom stereocenters. The van der Waals surface area contributed by atoms with Crippen LogP contribution in [0.3, 0.4) is 0 Å². The Morgan fingerprint density at radius 3 is 2.78 bits per heavy atom. The molecule has 2 rings (SSSR count). The molecule has 0 aromatic heterocycles. The number of aliphatic carboxylic acids is 1. The second kappa shape index (κ2) is 7.09. The van der Waals surface area contributed by atoms with Crippen molar-refractivity contribution < 1.29 is 14.6 Å². The van der Waals surface area contributed by atoms with Crippen LogP contribution in [0.4, 0.5) is 0 Å². The third kappa shape index (κ3) is 4.76. The lowest BCUT2D eigenvalue weighted by atomic mass is 9.90. The van der Waals surface area contributed by atoms with Crippen molar-refractivity contribution in [3.8, 4) is 5.75 Å². The van der Waals surface area contributed by atoms with Crippen LogP contribution in [0.15, 0.2) is 53.0 Å². The molecule has 1 aromatic carbocycles.